The Bertz CT molecular complexity index is 1030. The lowest BCUT2D eigenvalue weighted by Crippen LogP contribution is -2.47. The van der Waals surface area contributed by atoms with Crippen molar-refractivity contribution in [3.05, 3.63) is 59.2 Å². The summed E-state index contributed by atoms with van der Waals surface area (Å²) in [6, 6.07) is 10.6. The first kappa shape index (κ1) is 23.4. The Balaban J connectivity index is 1.52. The number of rotatable bonds is 5. The van der Waals surface area contributed by atoms with Gasteiger partial charge in [0, 0.05) is 30.1 Å². The lowest BCUT2D eigenvalue weighted by molar-refractivity contribution is -0.137. The number of hydrogen-bond acceptors (Lipinski definition) is 4. The van der Waals surface area contributed by atoms with Crippen LogP contribution in [0, 0.1) is 5.92 Å². The monoisotopic (exact) mass is 462 g/mol. The predicted octanol–water partition coefficient (Wildman–Crippen LogP) is 4.50. The average Bonchev–Trinajstić information content (AvgIpc) is 3.14. The molecule has 4 rings (SSSR count). The van der Waals surface area contributed by atoms with E-state index in [9.17, 15) is 18.0 Å². The molecule has 2 aromatic rings. The van der Waals surface area contributed by atoms with Gasteiger partial charge in [0.2, 0.25) is 0 Å². The van der Waals surface area contributed by atoms with Crippen molar-refractivity contribution in [2.24, 2.45) is 5.92 Å². The first-order chi connectivity index (χ1) is 15.7. The molecule has 1 N–H and O–H groups in total. The maximum absolute atomic E-state index is 13.0. The number of methoxy groups -OCH3 is 2. The minimum atomic E-state index is -4.48. The molecule has 0 bridgehead atoms. The second-order valence-corrected chi connectivity index (χ2v) is 9.14. The van der Waals surface area contributed by atoms with Gasteiger partial charge in [-0.25, -0.2) is 0 Å². The van der Waals surface area contributed by atoms with Gasteiger partial charge >= 0.3 is 6.18 Å². The highest BCUT2D eigenvalue weighted by atomic mass is 19.4. The highest BCUT2D eigenvalue weighted by Crippen LogP contribution is 2.49. The number of likely N-dealkylation sites (tertiary alicyclic amines) is 1. The number of benzene rings is 2. The van der Waals surface area contributed by atoms with E-state index in [0.29, 0.717) is 17.4 Å². The molecule has 0 aromatic heterocycles. The normalized spacial score (nSPS) is 25.4. The fraction of sp³-hybridized carbons (Fsp3) is 0.480. The molecule has 33 heavy (non-hydrogen) atoms. The summed E-state index contributed by atoms with van der Waals surface area (Å²) < 4.78 is 50.0. The topological polar surface area (TPSA) is 50.8 Å². The minimum Gasteiger partial charge on any atom is -0.493 e. The molecule has 2 fully saturated rings. The number of carbonyl (C=O) groups is 1. The highest BCUT2D eigenvalue weighted by molar-refractivity contribution is 5.94. The number of ether oxygens (including phenoxy) is 2. The van der Waals surface area contributed by atoms with Gasteiger partial charge in [0.05, 0.1) is 19.8 Å². The summed E-state index contributed by atoms with van der Waals surface area (Å²) in [5.74, 6) is 1.22. The molecule has 2 aromatic carbocycles. The van der Waals surface area contributed by atoms with Crippen molar-refractivity contribution in [3.63, 3.8) is 0 Å². The number of halogens is 3. The van der Waals surface area contributed by atoms with E-state index in [1.165, 1.54) is 17.7 Å². The Hall–Kier alpha value is -2.74. The maximum Gasteiger partial charge on any atom is 0.416 e. The van der Waals surface area contributed by atoms with Crippen LogP contribution in [0.15, 0.2) is 42.5 Å². The Kier molecular flexibility index (Phi) is 6.31. The van der Waals surface area contributed by atoms with Gasteiger partial charge in [-0.3, -0.25) is 4.79 Å². The fourth-order valence-corrected chi connectivity index (χ4v) is 5.56. The smallest absolute Gasteiger partial charge is 0.416 e. The van der Waals surface area contributed by atoms with Crippen molar-refractivity contribution in [1.82, 2.24) is 10.2 Å². The summed E-state index contributed by atoms with van der Waals surface area (Å²) >= 11 is 0. The largest absolute Gasteiger partial charge is 0.493 e. The van der Waals surface area contributed by atoms with Crippen LogP contribution in [0.5, 0.6) is 11.5 Å². The van der Waals surface area contributed by atoms with E-state index in [1.807, 2.05) is 12.1 Å². The van der Waals surface area contributed by atoms with E-state index >= 15 is 0 Å². The van der Waals surface area contributed by atoms with E-state index in [4.69, 9.17) is 9.47 Å². The molecule has 1 heterocycles. The third kappa shape index (κ3) is 4.53. The van der Waals surface area contributed by atoms with Crippen LogP contribution in [0.4, 0.5) is 13.2 Å². The van der Waals surface area contributed by atoms with E-state index in [-0.39, 0.29) is 17.0 Å². The van der Waals surface area contributed by atoms with Gasteiger partial charge in [-0.15, -0.1) is 0 Å². The summed E-state index contributed by atoms with van der Waals surface area (Å²) in [7, 11) is 5.33. The summed E-state index contributed by atoms with van der Waals surface area (Å²) in [4.78, 5) is 15.0. The predicted molar refractivity (Wildman–Crippen MR) is 119 cm³/mol. The fourth-order valence-electron chi connectivity index (χ4n) is 5.56. The molecule has 1 saturated carbocycles. The molecule has 0 spiro atoms. The van der Waals surface area contributed by atoms with Crippen molar-refractivity contribution < 1.29 is 27.4 Å². The molecule has 1 amide bonds. The second-order valence-electron chi connectivity index (χ2n) is 9.14. The Morgan fingerprint density at radius 1 is 1.12 bits per heavy atom. The average molecular weight is 463 g/mol. The lowest BCUT2D eigenvalue weighted by atomic mass is 9.63. The van der Waals surface area contributed by atoms with Crippen molar-refractivity contribution >= 4 is 5.91 Å². The molecule has 5 nitrogen and oxygen atoms in total. The number of fused-ring (bicyclic) bond motifs is 1. The molecule has 8 heteroatoms. The number of alkyl halides is 3. The molecule has 3 atom stereocenters. The lowest BCUT2D eigenvalue weighted by Gasteiger charge is -2.43. The highest BCUT2D eigenvalue weighted by Gasteiger charge is 2.50. The summed E-state index contributed by atoms with van der Waals surface area (Å²) in [5.41, 5.74) is 0.345. The van der Waals surface area contributed by atoms with Crippen LogP contribution in [-0.2, 0) is 11.6 Å². The van der Waals surface area contributed by atoms with Crippen LogP contribution in [0.1, 0.15) is 40.7 Å². The van der Waals surface area contributed by atoms with Crippen molar-refractivity contribution in [2.75, 3.05) is 34.4 Å². The van der Waals surface area contributed by atoms with Crippen LogP contribution in [0.2, 0.25) is 0 Å². The number of nitrogens with one attached hydrogen (secondary N) is 1. The van der Waals surface area contributed by atoms with Gasteiger partial charge in [-0.1, -0.05) is 12.1 Å². The van der Waals surface area contributed by atoms with Crippen molar-refractivity contribution in [2.45, 2.75) is 36.9 Å². The molecule has 2 aliphatic rings. The minimum absolute atomic E-state index is 0.0325. The quantitative estimate of drug-likeness (QED) is 0.711. The second kappa shape index (κ2) is 8.89. The third-order valence-corrected chi connectivity index (χ3v) is 7.12. The number of hydrogen-bond donors (Lipinski definition) is 1. The molecular formula is C25H29F3N2O3. The third-order valence-electron chi connectivity index (χ3n) is 7.12. The number of amides is 1. The van der Waals surface area contributed by atoms with Gasteiger partial charge < -0.3 is 19.7 Å². The first-order valence-electron chi connectivity index (χ1n) is 11.1. The molecule has 178 valence electrons. The molecule has 1 saturated heterocycles. The molecule has 1 aliphatic carbocycles. The van der Waals surface area contributed by atoms with Crippen LogP contribution in [0.25, 0.3) is 0 Å². The Morgan fingerprint density at radius 2 is 1.88 bits per heavy atom. The molecular weight excluding hydrogens is 433 g/mol. The number of carbonyl (C=O) groups excluding carboxylic acids is 1. The van der Waals surface area contributed by atoms with E-state index in [2.05, 4.69) is 23.3 Å². The van der Waals surface area contributed by atoms with Gasteiger partial charge in [-0.2, -0.15) is 13.2 Å². The van der Waals surface area contributed by atoms with Crippen LogP contribution in [-0.4, -0.2) is 51.2 Å². The molecule has 0 unspecified atom stereocenters. The van der Waals surface area contributed by atoms with Gasteiger partial charge in [0.1, 0.15) is 0 Å². The van der Waals surface area contributed by atoms with Crippen LogP contribution < -0.4 is 14.8 Å². The Morgan fingerprint density at radius 3 is 2.58 bits per heavy atom. The SMILES string of the molecule is COc1ccc([C@]23CC[C@H](NC(=O)c4cccc(C(F)(F)F)c4)C[C@@H]2CN(C)C3)cc1OC. The van der Waals surface area contributed by atoms with E-state index in [1.54, 1.807) is 14.2 Å². The van der Waals surface area contributed by atoms with E-state index in [0.717, 1.165) is 44.5 Å². The summed E-state index contributed by atoms with van der Waals surface area (Å²) in [6.07, 6.45) is -2.09. The van der Waals surface area contributed by atoms with Gasteiger partial charge in [0.25, 0.3) is 5.91 Å². The molecule has 1 aliphatic heterocycles. The van der Waals surface area contributed by atoms with Gasteiger partial charge in [-0.05, 0) is 68.1 Å². The molecule has 0 radical (unpaired) electrons. The van der Waals surface area contributed by atoms with Gasteiger partial charge in [0.15, 0.2) is 11.5 Å². The van der Waals surface area contributed by atoms with Crippen LogP contribution in [0.3, 0.4) is 0 Å². The number of likely N-dealkylation sites (N-methyl/N-ethyl adjacent to an activating group) is 1. The first-order valence-corrected chi connectivity index (χ1v) is 11.1. The van der Waals surface area contributed by atoms with Crippen molar-refractivity contribution in [1.29, 1.82) is 0 Å². The van der Waals surface area contributed by atoms with Crippen LogP contribution >= 0.6 is 0 Å². The maximum atomic E-state index is 13.0. The zero-order valence-corrected chi connectivity index (χ0v) is 19.0. The zero-order valence-electron chi connectivity index (χ0n) is 19.0. The summed E-state index contributed by atoms with van der Waals surface area (Å²) in [5, 5.41) is 2.98. The van der Waals surface area contributed by atoms with Crippen molar-refractivity contribution in [3.8, 4) is 11.5 Å². The summed E-state index contributed by atoms with van der Waals surface area (Å²) in [6.45, 7) is 1.80. The van der Waals surface area contributed by atoms with E-state index < -0.39 is 17.6 Å². The zero-order chi connectivity index (χ0) is 23.8. The standard InChI is InChI=1S/C25H29F3N2O3/c1-30-14-19-12-20(29-23(31)16-5-4-6-18(11-16)25(26,27)28)9-10-24(19,15-30)17-7-8-21(32-2)22(13-17)33-3/h4-8,11,13,19-20H,9-10,12,14-15H2,1-3H3,(H,29,31)/t19-,20+,24-/m1/s1. The number of nitrogens with zero attached hydrogens (tertiary/aromatic N) is 1. The Labute approximate surface area is 191 Å².